The Labute approximate surface area is 115 Å². The second kappa shape index (κ2) is 5.57. The average Bonchev–Trinajstić information content (AvgIpc) is 2.37. The molecule has 1 heterocycles. The lowest BCUT2D eigenvalue weighted by atomic mass is 10.1. The normalized spacial score (nSPS) is 19.2. The Morgan fingerprint density at radius 1 is 1.58 bits per heavy atom. The first-order valence-electron chi connectivity index (χ1n) is 6.08. The number of hydrogen-bond donors (Lipinski definition) is 1. The van der Waals surface area contributed by atoms with Gasteiger partial charge in [-0.15, -0.1) is 0 Å². The van der Waals surface area contributed by atoms with Gasteiger partial charge in [0.25, 0.3) is 5.91 Å². The summed E-state index contributed by atoms with van der Waals surface area (Å²) >= 11 is 5.66. The van der Waals surface area contributed by atoms with Gasteiger partial charge in [-0.05, 0) is 24.6 Å². The highest BCUT2D eigenvalue weighted by Gasteiger charge is 2.33. The number of halogens is 2. The van der Waals surface area contributed by atoms with Crippen LogP contribution in [0, 0.1) is 5.82 Å². The van der Waals surface area contributed by atoms with E-state index in [0.29, 0.717) is 19.5 Å². The molecule has 1 atom stereocenters. The summed E-state index contributed by atoms with van der Waals surface area (Å²) in [6.07, 6.45) is 0.493. The standard InChI is InChI=1S/C13H14ClFN2O2/c1-2-11-12(18)16-5-6-17(11)13(19)9-4-3-8(14)7-10(9)15/h3-4,7,11H,2,5-6H2,1H3,(H,16,18). The number of rotatable bonds is 2. The van der Waals surface area contributed by atoms with Gasteiger partial charge in [0.1, 0.15) is 11.9 Å². The van der Waals surface area contributed by atoms with E-state index in [0.717, 1.165) is 6.07 Å². The Hall–Kier alpha value is -1.62. The summed E-state index contributed by atoms with van der Waals surface area (Å²) in [6.45, 7) is 2.58. The topological polar surface area (TPSA) is 49.4 Å². The van der Waals surface area contributed by atoms with Gasteiger partial charge in [0.05, 0.1) is 5.56 Å². The fourth-order valence-corrected chi connectivity index (χ4v) is 2.34. The molecule has 0 aromatic heterocycles. The summed E-state index contributed by atoms with van der Waals surface area (Å²) < 4.78 is 13.8. The van der Waals surface area contributed by atoms with Gasteiger partial charge in [-0.25, -0.2) is 4.39 Å². The Balaban J connectivity index is 2.29. The fraction of sp³-hybridized carbons (Fsp3) is 0.385. The average molecular weight is 285 g/mol. The smallest absolute Gasteiger partial charge is 0.257 e. The van der Waals surface area contributed by atoms with Crippen LogP contribution in [0.2, 0.25) is 5.02 Å². The van der Waals surface area contributed by atoms with E-state index in [1.165, 1.54) is 17.0 Å². The minimum Gasteiger partial charge on any atom is -0.353 e. The SMILES string of the molecule is CCC1C(=O)NCCN1C(=O)c1ccc(Cl)cc1F. The van der Waals surface area contributed by atoms with Crippen molar-refractivity contribution in [3.63, 3.8) is 0 Å². The van der Waals surface area contributed by atoms with Crippen LogP contribution in [0.1, 0.15) is 23.7 Å². The van der Waals surface area contributed by atoms with Crippen molar-refractivity contribution < 1.29 is 14.0 Å². The van der Waals surface area contributed by atoms with Crippen molar-refractivity contribution in [2.75, 3.05) is 13.1 Å². The molecule has 2 rings (SSSR count). The van der Waals surface area contributed by atoms with Crippen LogP contribution in [0.25, 0.3) is 0 Å². The van der Waals surface area contributed by atoms with Gasteiger partial charge in [-0.1, -0.05) is 18.5 Å². The van der Waals surface area contributed by atoms with Gasteiger partial charge in [-0.3, -0.25) is 9.59 Å². The number of carbonyl (C=O) groups excluding carboxylic acids is 2. The third-order valence-corrected chi connectivity index (χ3v) is 3.38. The van der Waals surface area contributed by atoms with Crippen molar-refractivity contribution in [3.05, 3.63) is 34.6 Å². The van der Waals surface area contributed by atoms with Crippen LogP contribution in [0.15, 0.2) is 18.2 Å². The van der Waals surface area contributed by atoms with E-state index >= 15 is 0 Å². The molecule has 0 saturated carbocycles. The summed E-state index contributed by atoms with van der Waals surface area (Å²) in [5.74, 6) is -1.34. The maximum atomic E-state index is 13.8. The van der Waals surface area contributed by atoms with Crippen LogP contribution in [0.4, 0.5) is 4.39 Å². The Morgan fingerprint density at radius 2 is 2.32 bits per heavy atom. The molecule has 0 bridgehead atoms. The molecular weight excluding hydrogens is 271 g/mol. The molecule has 1 unspecified atom stereocenters. The lowest BCUT2D eigenvalue weighted by molar-refractivity contribution is -0.127. The number of benzene rings is 1. The summed E-state index contributed by atoms with van der Waals surface area (Å²) in [4.78, 5) is 25.4. The molecule has 0 spiro atoms. The third kappa shape index (κ3) is 2.71. The van der Waals surface area contributed by atoms with E-state index in [4.69, 9.17) is 11.6 Å². The zero-order chi connectivity index (χ0) is 14.0. The maximum absolute atomic E-state index is 13.8. The zero-order valence-electron chi connectivity index (χ0n) is 10.5. The van der Waals surface area contributed by atoms with Crippen LogP contribution in [0.3, 0.4) is 0 Å². The van der Waals surface area contributed by atoms with Gasteiger partial charge in [0.2, 0.25) is 5.91 Å². The van der Waals surface area contributed by atoms with Crippen molar-refractivity contribution in [1.82, 2.24) is 10.2 Å². The van der Waals surface area contributed by atoms with E-state index in [-0.39, 0.29) is 16.5 Å². The summed E-state index contributed by atoms with van der Waals surface area (Å²) in [7, 11) is 0. The molecule has 102 valence electrons. The van der Waals surface area contributed by atoms with Crippen molar-refractivity contribution in [1.29, 1.82) is 0 Å². The molecule has 1 saturated heterocycles. The van der Waals surface area contributed by atoms with Crippen LogP contribution in [-0.2, 0) is 4.79 Å². The van der Waals surface area contributed by atoms with Crippen molar-refractivity contribution >= 4 is 23.4 Å². The Kier molecular flexibility index (Phi) is 4.04. The maximum Gasteiger partial charge on any atom is 0.257 e. The number of piperazine rings is 1. The van der Waals surface area contributed by atoms with Gasteiger partial charge < -0.3 is 10.2 Å². The van der Waals surface area contributed by atoms with Crippen molar-refractivity contribution in [3.8, 4) is 0 Å². The quantitative estimate of drug-likeness (QED) is 0.901. The summed E-state index contributed by atoms with van der Waals surface area (Å²) in [5, 5.41) is 2.93. The van der Waals surface area contributed by atoms with Crippen LogP contribution in [0.5, 0.6) is 0 Å². The molecule has 0 radical (unpaired) electrons. The van der Waals surface area contributed by atoms with E-state index in [1.54, 1.807) is 0 Å². The number of nitrogens with one attached hydrogen (secondary N) is 1. The minimum atomic E-state index is -0.668. The zero-order valence-corrected chi connectivity index (χ0v) is 11.2. The monoisotopic (exact) mass is 284 g/mol. The molecule has 1 aromatic rings. The predicted molar refractivity (Wildman–Crippen MR) is 69.5 cm³/mol. The summed E-state index contributed by atoms with van der Waals surface area (Å²) in [6, 6.07) is 3.36. The van der Waals surface area contributed by atoms with E-state index in [9.17, 15) is 14.0 Å². The number of carbonyl (C=O) groups is 2. The van der Waals surface area contributed by atoms with Crippen LogP contribution >= 0.6 is 11.6 Å². The van der Waals surface area contributed by atoms with E-state index in [2.05, 4.69) is 5.32 Å². The van der Waals surface area contributed by atoms with E-state index < -0.39 is 17.8 Å². The largest absolute Gasteiger partial charge is 0.353 e. The second-order valence-corrected chi connectivity index (χ2v) is 4.77. The molecule has 1 fully saturated rings. The Bertz CT molecular complexity index is 521. The van der Waals surface area contributed by atoms with Crippen molar-refractivity contribution in [2.24, 2.45) is 0 Å². The highest BCUT2D eigenvalue weighted by molar-refractivity contribution is 6.30. The molecule has 1 N–H and O–H groups in total. The molecule has 19 heavy (non-hydrogen) atoms. The minimum absolute atomic E-state index is 0.0578. The lowest BCUT2D eigenvalue weighted by Crippen LogP contribution is -2.57. The van der Waals surface area contributed by atoms with Gasteiger partial charge >= 0.3 is 0 Å². The molecular formula is C13H14ClFN2O2. The first kappa shape index (κ1) is 13.8. The van der Waals surface area contributed by atoms with Gasteiger partial charge in [0.15, 0.2) is 0 Å². The molecule has 4 nitrogen and oxygen atoms in total. The predicted octanol–water partition coefficient (Wildman–Crippen LogP) is 1.83. The third-order valence-electron chi connectivity index (χ3n) is 3.14. The Morgan fingerprint density at radius 3 is 2.95 bits per heavy atom. The van der Waals surface area contributed by atoms with E-state index in [1.807, 2.05) is 6.92 Å². The first-order chi connectivity index (χ1) is 9.04. The van der Waals surface area contributed by atoms with Gasteiger partial charge in [0, 0.05) is 18.1 Å². The number of hydrogen-bond acceptors (Lipinski definition) is 2. The highest BCUT2D eigenvalue weighted by Crippen LogP contribution is 2.19. The molecule has 6 heteroatoms. The molecule has 2 amide bonds. The number of amides is 2. The second-order valence-electron chi connectivity index (χ2n) is 4.34. The molecule has 1 aromatic carbocycles. The number of nitrogens with zero attached hydrogens (tertiary/aromatic N) is 1. The molecule has 0 aliphatic carbocycles. The molecule has 1 aliphatic rings. The lowest BCUT2D eigenvalue weighted by Gasteiger charge is -2.34. The van der Waals surface area contributed by atoms with Crippen LogP contribution < -0.4 is 5.32 Å². The first-order valence-corrected chi connectivity index (χ1v) is 6.46. The van der Waals surface area contributed by atoms with Crippen LogP contribution in [-0.4, -0.2) is 35.8 Å². The molecule has 1 aliphatic heterocycles. The van der Waals surface area contributed by atoms with Gasteiger partial charge in [-0.2, -0.15) is 0 Å². The highest BCUT2D eigenvalue weighted by atomic mass is 35.5. The fourth-order valence-electron chi connectivity index (χ4n) is 2.18. The summed E-state index contributed by atoms with van der Waals surface area (Å²) in [5.41, 5.74) is -0.0578. The van der Waals surface area contributed by atoms with Crippen molar-refractivity contribution in [2.45, 2.75) is 19.4 Å².